The Labute approximate surface area is 287 Å². The van der Waals surface area contributed by atoms with E-state index in [2.05, 4.69) is 6.58 Å². The molecule has 48 heavy (non-hydrogen) atoms. The number of aromatic nitrogens is 3. The molecule has 5 aromatic rings. The summed E-state index contributed by atoms with van der Waals surface area (Å²) >= 11 is 2.92. The van der Waals surface area contributed by atoms with Crippen molar-refractivity contribution in [1.82, 2.24) is 14.3 Å². The van der Waals surface area contributed by atoms with Crippen molar-refractivity contribution in [3.05, 3.63) is 140 Å². The van der Waals surface area contributed by atoms with Crippen LogP contribution in [0.3, 0.4) is 0 Å². The molecule has 0 saturated heterocycles. The van der Waals surface area contributed by atoms with Gasteiger partial charge in [-0.3, -0.25) is 9.36 Å². The zero-order valence-corrected chi connectivity index (χ0v) is 28.9. The summed E-state index contributed by atoms with van der Waals surface area (Å²) in [6.07, 6.45) is 7.49. The van der Waals surface area contributed by atoms with Gasteiger partial charge < -0.3 is 9.47 Å². The number of rotatable bonds is 11. The monoisotopic (exact) mass is 676 g/mol. The van der Waals surface area contributed by atoms with Gasteiger partial charge in [0.2, 0.25) is 0 Å². The molecular weight excluding hydrogens is 641 g/mol. The Bertz CT molecular complexity index is 2160. The highest BCUT2D eigenvalue weighted by Gasteiger charge is 2.33. The number of carbonyl (C=O) groups excluding carboxylic acids is 1. The first-order valence-electron chi connectivity index (χ1n) is 15.6. The lowest BCUT2D eigenvalue weighted by atomic mass is 9.96. The molecule has 3 aromatic carbocycles. The molecule has 0 spiro atoms. The van der Waals surface area contributed by atoms with Crippen molar-refractivity contribution in [3.63, 3.8) is 0 Å². The van der Waals surface area contributed by atoms with Crippen molar-refractivity contribution in [2.24, 2.45) is 10.9 Å². The van der Waals surface area contributed by atoms with Crippen LogP contribution in [0.1, 0.15) is 37.9 Å². The summed E-state index contributed by atoms with van der Waals surface area (Å²) in [6.45, 7) is 10.2. The largest absolute Gasteiger partial charge is 0.490 e. The minimum atomic E-state index is -0.686. The van der Waals surface area contributed by atoms with E-state index in [-0.39, 0.29) is 18.1 Å². The van der Waals surface area contributed by atoms with Crippen molar-refractivity contribution in [2.75, 3.05) is 19.5 Å². The minimum absolute atomic E-state index is 0.164. The van der Waals surface area contributed by atoms with E-state index >= 15 is 0 Å². The Morgan fingerprint density at radius 2 is 1.79 bits per heavy atom. The fourth-order valence-electron chi connectivity index (χ4n) is 5.44. The van der Waals surface area contributed by atoms with Crippen molar-refractivity contribution >= 4 is 35.1 Å². The molecule has 6 rings (SSSR count). The van der Waals surface area contributed by atoms with Gasteiger partial charge in [0.1, 0.15) is 18.1 Å². The van der Waals surface area contributed by atoms with Crippen molar-refractivity contribution in [2.45, 2.75) is 31.7 Å². The number of benzene rings is 3. The Morgan fingerprint density at radius 1 is 1.06 bits per heavy atom. The summed E-state index contributed by atoms with van der Waals surface area (Å²) < 4.78 is 15.3. The van der Waals surface area contributed by atoms with Gasteiger partial charge in [0.05, 0.1) is 34.1 Å². The van der Waals surface area contributed by atoms with Crippen LogP contribution in [0.15, 0.2) is 124 Å². The average Bonchev–Trinajstić information content (AvgIpc) is 3.66. The third-order valence-corrected chi connectivity index (χ3v) is 9.49. The Hall–Kier alpha value is -4.93. The quantitative estimate of drug-likeness (QED) is 0.0894. The number of carbonyl (C=O) groups is 1. The molecule has 1 unspecified atom stereocenters. The van der Waals surface area contributed by atoms with Gasteiger partial charge in [-0.15, -0.1) is 11.8 Å². The number of para-hydroxylation sites is 1. The normalized spacial score (nSPS) is 14.5. The van der Waals surface area contributed by atoms with Crippen LogP contribution < -0.4 is 19.6 Å². The summed E-state index contributed by atoms with van der Waals surface area (Å²) in [5, 5.41) is 4.94. The Morgan fingerprint density at radius 3 is 2.46 bits per heavy atom. The van der Waals surface area contributed by atoms with E-state index in [0.29, 0.717) is 32.9 Å². The molecular formula is C38H36N4O4S2. The van der Waals surface area contributed by atoms with Gasteiger partial charge in [-0.05, 0) is 79.3 Å². The van der Waals surface area contributed by atoms with Crippen molar-refractivity contribution in [1.29, 1.82) is 0 Å². The number of thioether (sulfide) groups is 1. The van der Waals surface area contributed by atoms with E-state index in [0.717, 1.165) is 33.0 Å². The van der Waals surface area contributed by atoms with Crippen LogP contribution in [-0.4, -0.2) is 39.8 Å². The Balaban J connectivity index is 1.50. The molecule has 1 aliphatic rings. The zero-order chi connectivity index (χ0) is 33.8. The number of allylic oxidation sites excluding steroid dienone is 1. The maximum atomic E-state index is 14.4. The number of fused-ring (bicyclic) bond motifs is 1. The van der Waals surface area contributed by atoms with Gasteiger partial charge in [0, 0.05) is 22.2 Å². The predicted octanol–water partition coefficient (Wildman–Crippen LogP) is 6.57. The molecule has 1 atom stereocenters. The highest BCUT2D eigenvalue weighted by molar-refractivity contribution is 7.98. The number of hydrogen-bond donors (Lipinski definition) is 0. The van der Waals surface area contributed by atoms with E-state index < -0.39 is 12.0 Å². The minimum Gasteiger partial charge on any atom is -0.490 e. The smallest absolute Gasteiger partial charge is 0.338 e. The fraction of sp³-hybridized carbons (Fsp3) is 0.211. The van der Waals surface area contributed by atoms with Crippen LogP contribution in [0, 0.1) is 5.92 Å². The molecule has 0 fully saturated rings. The lowest BCUT2D eigenvalue weighted by Crippen LogP contribution is -2.40. The number of nitrogens with zero attached hydrogens (tertiary/aromatic N) is 4. The van der Waals surface area contributed by atoms with Gasteiger partial charge >= 0.3 is 5.97 Å². The molecule has 0 N–H and O–H groups in total. The molecule has 3 heterocycles. The highest BCUT2D eigenvalue weighted by Crippen LogP contribution is 2.32. The molecule has 10 heteroatoms. The van der Waals surface area contributed by atoms with Gasteiger partial charge in [-0.2, -0.15) is 5.10 Å². The van der Waals surface area contributed by atoms with Crippen molar-refractivity contribution < 1.29 is 14.3 Å². The zero-order valence-electron chi connectivity index (χ0n) is 27.3. The van der Waals surface area contributed by atoms with Crippen LogP contribution in [-0.2, 0) is 9.53 Å². The summed E-state index contributed by atoms with van der Waals surface area (Å²) in [5.41, 5.74) is 4.69. The predicted molar refractivity (Wildman–Crippen MR) is 192 cm³/mol. The first-order chi connectivity index (χ1) is 23.3. The second-order valence-electron chi connectivity index (χ2n) is 11.7. The fourth-order valence-corrected chi connectivity index (χ4v) is 6.89. The molecule has 2 aromatic heterocycles. The van der Waals surface area contributed by atoms with Gasteiger partial charge in [-0.1, -0.05) is 68.2 Å². The average molecular weight is 677 g/mol. The van der Waals surface area contributed by atoms with Crippen LogP contribution in [0.4, 0.5) is 0 Å². The standard InChI is InChI=1S/C38H36N4O4S2/c1-6-20-45-30-16-12-26(13-17-30)34-28(22-41(40-34)29-10-8-7-9-11-29)21-32-36(43)42-35(27-14-18-31(47-5)19-15-27)33(25(4)39-38(42)48-32)37(44)46-23-24(2)3/h6-19,21-22,24,35H,1,20,23H2,2-5H3. The number of hydrogen-bond acceptors (Lipinski definition) is 8. The second-order valence-corrected chi connectivity index (χ2v) is 13.6. The first-order valence-corrected chi connectivity index (χ1v) is 17.6. The maximum Gasteiger partial charge on any atom is 0.338 e. The molecule has 0 aliphatic carbocycles. The van der Waals surface area contributed by atoms with Crippen LogP contribution in [0.25, 0.3) is 23.0 Å². The molecule has 1 aliphatic heterocycles. The lowest BCUT2D eigenvalue weighted by molar-refractivity contribution is -0.140. The molecule has 0 saturated carbocycles. The summed E-state index contributed by atoms with van der Waals surface area (Å²) in [4.78, 5) is 34.3. The molecule has 0 bridgehead atoms. The lowest BCUT2D eigenvalue weighted by Gasteiger charge is -2.25. The van der Waals surface area contributed by atoms with Crippen LogP contribution in [0.2, 0.25) is 0 Å². The third kappa shape index (κ3) is 6.86. The van der Waals surface area contributed by atoms with E-state index in [1.807, 2.05) is 116 Å². The first kappa shape index (κ1) is 33.0. The maximum absolute atomic E-state index is 14.4. The number of ether oxygens (including phenoxy) is 2. The second kappa shape index (κ2) is 14.5. The van der Waals surface area contributed by atoms with Crippen LogP contribution in [0.5, 0.6) is 5.75 Å². The van der Waals surface area contributed by atoms with E-state index in [1.165, 1.54) is 11.3 Å². The van der Waals surface area contributed by atoms with E-state index in [9.17, 15) is 9.59 Å². The van der Waals surface area contributed by atoms with Crippen LogP contribution >= 0.6 is 23.1 Å². The van der Waals surface area contributed by atoms with Crippen molar-refractivity contribution in [3.8, 4) is 22.7 Å². The van der Waals surface area contributed by atoms with E-state index in [4.69, 9.17) is 19.6 Å². The van der Waals surface area contributed by atoms with Gasteiger partial charge in [0.15, 0.2) is 4.80 Å². The highest BCUT2D eigenvalue weighted by atomic mass is 32.2. The van der Waals surface area contributed by atoms with E-state index in [1.54, 1.807) is 29.3 Å². The molecule has 0 radical (unpaired) electrons. The summed E-state index contributed by atoms with van der Waals surface area (Å²) in [6, 6.07) is 24.8. The van der Waals surface area contributed by atoms with Gasteiger partial charge in [-0.25, -0.2) is 14.5 Å². The molecule has 0 amide bonds. The van der Waals surface area contributed by atoms with Gasteiger partial charge in [0.25, 0.3) is 5.56 Å². The molecule has 244 valence electrons. The topological polar surface area (TPSA) is 87.7 Å². The number of thiazole rings is 1. The third-order valence-electron chi connectivity index (χ3n) is 7.77. The summed E-state index contributed by atoms with van der Waals surface area (Å²) in [5.74, 6) is 0.418. The Kier molecular flexibility index (Phi) is 9.93. The number of esters is 1. The molecule has 8 nitrogen and oxygen atoms in total. The summed E-state index contributed by atoms with van der Waals surface area (Å²) in [7, 11) is 0. The SMILES string of the molecule is C=CCOc1ccc(-c2nn(-c3ccccc3)cc2C=c2sc3n(c2=O)C(c2ccc(SC)cc2)C(C(=O)OCC(C)C)=C(C)N=3)cc1.